The first-order valence-corrected chi connectivity index (χ1v) is 20.5. The molecule has 4 aromatic heterocycles. The molecule has 0 fully saturated rings. The highest BCUT2D eigenvalue weighted by Crippen LogP contribution is 2.29. The Balaban J connectivity index is 2.25. The number of aromatic amines is 4. The number of rotatable bonds is 12. The number of hydrogen-bond donors (Lipinski definition) is 8. The van der Waals surface area contributed by atoms with E-state index in [9.17, 15) is 19.2 Å². The number of fused-ring (bicyclic) bond motifs is 8. The summed E-state index contributed by atoms with van der Waals surface area (Å²) < 4.78 is 0. The third kappa shape index (κ3) is 7.81. The van der Waals surface area contributed by atoms with E-state index in [0.29, 0.717) is 115 Å². The number of H-pyrrole nitrogens is 4. The van der Waals surface area contributed by atoms with Gasteiger partial charge in [-0.05, 0) is 126 Å². The van der Waals surface area contributed by atoms with Crippen LogP contribution in [0.25, 0.3) is 22.8 Å². The number of amides is 4. The minimum Gasteiger partial charge on any atom is -0.352 e. The molecule has 60 heavy (non-hydrogen) atoms. The normalized spacial score (nSPS) is 12.3. The van der Waals surface area contributed by atoms with E-state index in [0.717, 1.165) is 44.5 Å². The van der Waals surface area contributed by atoms with Crippen LogP contribution in [0.1, 0.15) is 123 Å². The Bertz CT molecular complexity index is 2630. The zero-order valence-corrected chi connectivity index (χ0v) is 37.3. The van der Waals surface area contributed by atoms with E-state index in [1.165, 1.54) is 0 Å². The Morgan fingerprint density at radius 2 is 0.633 bits per heavy atom. The number of nitrogens with one attached hydrogen (secondary N) is 8. The Hall–Kier alpha value is -6.56. The fourth-order valence-corrected chi connectivity index (χ4v) is 8.03. The number of aromatic nitrogens is 4. The van der Waals surface area contributed by atoms with Crippen molar-refractivity contribution >= 4 is 46.4 Å². The maximum absolute atomic E-state index is 13.7. The van der Waals surface area contributed by atoms with E-state index in [-0.39, 0.29) is 23.6 Å². The lowest BCUT2D eigenvalue weighted by molar-refractivity contribution is -0.117. The van der Waals surface area contributed by atoms with E-state index in [2.05, 4.69) is 67.5 Å². The molecule has 12 nitrogen and oxygen atoms in total. The highest BCUT2D eigenvalue weighted by molar-refractivity contribution is 6.01. The van der Waals surface area contributed by atoms with Gasteiger partial charge in [-0.15, -0.1) is 0 Å². The van der Waals surface area contributed by atoms with Crippen molar-refractivity contribution < 1.29 is 19.2 Å². The van der Waals surface area contributed by atoms with Gasteiger partial charge in [-0.1, -0.05) is 54.0 Å². The first kappa shape index (κ1) is 44.5. The molecular weight excluding hydrogens is 753 g/mol. The molecule has 12 heteroatoms. The number of carbonyl (C=O) groups is 4. The van der Waals surface area contributed by atoms with Crippen molar-refractivity contribution in [1.29, 1.82) is 0 Å². The highest BCUT2D eigenvalue weighted by atomic mass is 16.2. The predicted octanol–water partition coefficient (Wildman–Crippen LogP) is 4.19. The highest BCUT2D eigenvalue weighted by Gasteiger charge is 2.28. The molecule has 8 bridgehead atoms. The Kier molecular flexibility index (Phi) is 12.9. The maximum atomic E-state index is 13.7. The fourth-order valence-electron chi connectivity index (χ4n) is 8.03. The molecule has 1 aliphatic heterocycles. The van der Waals surface area contributed by atoms with Crippen LogP contribution in [0.5, 0.6) is 0 Å². The van der Waals surface area contributed by atoms with Gasteiger partial charge in [-0.2, -0.15) is 0 Å². The topological polar surface area (TPSA) is 180 Å². The van der Waals surface area contributed by atoms with Crippen LogP contribution in [0.3, 0.4) is 0 Å². The summed E-state index contributed by atoms with van der Waals surface area (Å²) in [7, 11) is 0. The molecule has 316 valence electrons. The summed E-state index contributed by atoms with van der Waals surface area (Å²) in [5.41, 5.74) is 12.7. The Morgan fingerprint density at radius 3 is 0.867 bits per heavy atom. The average molecular weight is 813 g/mol. The van der Waals surface area contributed by atoms with Crippen molar-refractivity contribution in [2.24, 2.45) is 0 Å². The predicted molar refractivity (Wildman–Crippen MR) is 240 cm³/mol. The van der Waals surface area contributed by atoms with Crippen molar-refractivity contribution in [3.8, 4) is 0 Å². The molecule has 0 aliphatic carbocycles. The summed E-state index contributed by atoms with van der Waals surface area (Å²) in [4.78, 5) is 69.6. The number of hydrogen-bond acceptors (Lipinski definition) is 4. The minimum absolute atomic E-state index is 0.313. The second-order valence-electron chi connectivity index (χ2n) is 15.8. The van der Waals surface area contributed by atoms with Gasteiger partial charge in [0.1, 0.15) is 0 Å². The van der Waals surface area contributed by atoms with E-state index < -0.39 is 0 Å². The zero-order chi connectivity index (χ0) is 44.7. The van der Waals surface area contributed by atoms with Crippen LogP contribution in [-0.2, 0) is 44.9 Å². The second-order valence-corrected chi connectivity index (χ2v) is 15.8. The van der Waals surface area contributed by atoms with Gasteiger partial charge < -0.3 is 41.2 Å². The van der Waals surface area contributed by atoms with Crippen molar-refractivity contribution in [2.45, 2.75) is 109 Å². The van der Waals surface area contributed by atoms with Crippen LogP contribution < -0.4 is 42.7 Å². The Labute approximate surface area is 351 Å². The van der Waals surface area contributed by atoms with Crippen LogP contribution in [0.15, 0.2) is 48.6 Å². The molecular formula is C48H60N8O4. The second kappa shape index (κ2) is 17.3. The lowest BCUT2D eigenvalue weighted by Gasteiger charge is -2.12. The van der Waals surface area contributed by atoms with Gasteiger partial charge in [-0.3, -0.25) is 19.2 Å². The van der Waals surface area contributed by atoms with Gasteiger partial charge in [0.25, 0.3) is 23.6 Å². The van der Waals surface area contributed by atoms with E-state index >= 15 is 0 Å². The first-order chi connectivity index (χ1) is 28.2. The third-order valence-electron chi connectivity index (χ3n) is 11.4. The summed E-state index contributed by atoms with van der Waals surface area (Å²) >= 11 is 0. The summed E-state index contributed by atoms with van der Waals surface area (Å²) in [5, 5.41) is 15.2. The zero-order valence-electron chi connectivity index (χ0n) is 37.3. The smallest absolute Gasteiger partial charge is 0.250 e. The largest absolute Gasteiger partial charge is 0.352 e. The van der Waals surface area contributed by atoms with Crippen molar-refractivity contribution in [2.75, 3.05) is 0 Å². The van der Waals surface area contributed by atoms with Gasteiger partial charge in [0.05, 0.1) is 67.0 Å². The molecule has 1 aliphatic rings. The van der Waals surface area contributed by atoms with Gasteiger partial charge in [-0.25, -0.2) is 0 Å². The third-order valence-corrected chi connectivity index (χ3v) is 11.4. The molecule has 0 spiro atoms. The molecule has 5 heterocycles. The molecule has 0 aromatic carbocycles. The molecule has 4 aromatic rings. The monoisotopic (exact) mass is 812 g/mol. The molecule has 0 saturated carbocycles. The molecule has 0 radical (unpaired) electrons. The van der Waals surface area contributed by atoms with E-state index in [1.54, 1.807) is 27.7 Å². The van der Waals surface area contributed by atoms with Gasteiger partial charge in [0.15, 0.2) is 0 Å². The lowest BCUT2D eigenvalue weighted by Crippen LogP contribution is -2.34. The van der Waals surface area contributed by atoms with Crippen LogP contribution in [0.2, 0.25) is 0 Å². The number of carbonyl (C=O) groups excluding carboxylic acids is 4. The van der Waals surface area contributed by atoms with Crippen LogP contribution in [0, 0.1) is 27.7 Å². The summed E-state index contributed by atoms with van der Waals surface area (Å²) in [6.07, 6.45) is 2.26. The quantitative estimate of drug-likeness (QED) is 0.100. The van der Waals surface area contributed by atoms with Crippen molar-refractivity contribution in [3.05, 3.63) is 137 Å². The fraction of sp³-hybridized carbons (Fsp3) is 0.333. The van der Waals surface area contributed by atoms with Crippen LogP contribution in [-0.4, -0.2) is 43.6 Å². The standard InChI is InChI=1S/C48H60N8O4/c1-17-29-25(13)33-42(54-46(58)22(7)8)38-31(19-3)27(15)35(51-38)44(56-48(60)24(11)12)40-32(20-4)28(16)36(52-40)43(55-47(59)23(9)10)39-30(18-2)26(14)34(50-39)41(37(29)49-33)53-45(57)21(5)6/h49-52H,5,7,9,11,17-20H2,1-4,6,8,10,12-16H3,(H,53,57)(H,54,58)(H,55,59)(H,56,60). The first-order valence-electron chi connectivity index (χ1n) is 20.5. The van der Waals surface area contributed by atoms with E-state index in [1.807, 2.05) is 55.4 Å². The van der Waals surface area contributed by atoms with Gasteiger partial charge >= 0.3 is 0 Å². The van der Waals surface area contributed by atoms with E-state index in [4.69, 9.17) is 0 Å². The lowest BCUT2D eigenvalue weighted by atomic mass is 10.0. The van der Waals surface area contributed by atoms with Crippen molar-refractivity contribution in [3.63, 3.8) is 0 Å². The maximum Gasteiger partial charge on any atom is 0.250 e. The van der Waals surface area contributed by atoms with Crippen LogP contribution in [0.4, 0.5) is 0 Å². The average Bonchev–Trinajstić information content (AvgIpc) is 3.91. The Morgan fingerprint density at radius 1 is 0.383 bits per heavy atom. The van der Waals surface area contributed by atoms with Gasteiger partial charge in [0.2, 0.25) is 0 Å². The summed E-state index contributed by atoms with van der Waals surface area (Å²) in [6.45, 7) is 38.5. The van der Waals surface area contributed by atoms with Gasteiger partial charge in [0, 0.05) is 22.3 Å². The minimum atomic E-state index is -0.376. The summed E-state index contributed by atoms with van der Waals surface area (Å²) in [5.74, 6) is -1.50. The molecule has 0 unspecified atom stereocenters. The molecule has 0 atom stereocenters. The molecule has 0 saturated heterocycles. The molecule has 8 N–H and O–H groups in total. The van der Waals surface area contributed by atoms with Crippen molar-refractivity contribution in [1.82, 2.24) is 41.2 Å². The molecule has 5 rings (SSSR count). The summed E-state index contributed by atoms with van der Waals surface area (Å²) in [6, 6.07) is 0. The SMILES string of the molecule is C=C(C)C(=O)NC1=c2[nH]c(c(CC)c2C)=C(NC(=O)C(=C)C)c2[nH]c(c(CC)c2C)C(NC(=O)C(=C)C)=c2[nH]c(c(CC)c2C)=C(NC(=O)C(=C)C)c2[nH]c1c(CC)c2C. The van der Waals surface area contributed by atoms with Crippen LogP contribution >= 0.6 is 0 Å². The molecule has 4 amide bonds.